The van der Waals surface area contributed by atoms with E-state index < -0.39 is 24.1 Å². The summed E-state index contributed by atoms with van der Waals surface area (Å²) in [4.78, 5) is 22.4. The topological polar surface area (TPSA) is 85.8 Å². The van der Waals surface area contributed by atoms with E-state index in [-0.39, 0.29) is 30.5 Å². The molecule has 1 aliphatic heterocycles. The minimum Gasteiger partial charge on any atom is -0.447 e. The molecule has 1 amide bonds. The standard InChI is InChI=1S/C22H27F3N4O4/c1-13(15-7-6-8-16(11-15)33-22(23,24)25)27-19-26-10-9-18(28-19)29-17(12-31-20(29)30)14(2)32-21(3,4)5/h6-11,13-14,17H,12H2,1-5H3,(H,26,27,28)/t13-,14+,17?/m0/s1. The van der Waals surface area contributed by atoms with Crippen LogP contribution in [0.5, 0.6) is 5.75 Å². The maximum atomic E-state index is 12.5. The molecule has 1 saturated heterocycles. The molecule has 1 fully saturated rings. The number of hydrogen-bond acceptors (Lipinski definition) is 7. The van der Waals surface area contributed by atoms with Gasteiger partial charge in [-0.2, -0.15) is 4.98 Å². The van der Waals surface area contributed by atoms with Gasteiger partial charge in [0.2, 0.25) is 5.95 Å². The third-order valence-corrected chi connectivity index (χ3v) is 4.81. The van der Waals surface area contributed by atoms with E-state index in [4.69, 9.17) is 9.47 Å². The fourth-order valence-electron chi connectivity index (χ4n) is 3.49. The number of carbonyl (C=O) groups is 1. The van der Waals surface area contributed by atoms with Crippen LogP contribution in [0.2, 0.25) is 0 Å². The Labute approximate surface area is 190 Å². The van der Waals surface area contributed by atoms with Crippen molar-refractivity contribution in [2.75, 3.05) is 16.8 Å². The van der Waals surface area contributed by atoms with Gasteiger partial charge in [-0.15, -0.1) is 13.2 Å². The quantitative estimate of drug-likeness (QED) is 0.607. The first-order chi connectivity index (χ1) is 15.3. The third kappa shape index (κ3) is 6.70. The Bertz CT molecular complexity index is 981. The number of nitrogens with one attached hydrogen (secondary N) is 1. The normalized spacial score (nSPS) is 18.6. The van der Waals surface area contributed by atoms with Crippen molar-refractivity contribution in [3.63, 3.8) is 0 Å². The summed E-state index contributed by atoms with van der Waals surface area (Å²) in [5.74, 6) is 0.203. The molecule has 0 aliphatic carbocycles. The molecule has 0 bridgehead atoms. The van der Waals surface area contributed by atoms with Gasteiger partial charge in [-0.05, 0) is 58.4 Å². The van der Waals surface area contributed by atoms with E-state index in [0.717, 1.165) is 0 Å². The van der Waals surface area contributed by atoms with Crippen LogP contribution >= 0.6 is 0 Å². The molecule has 2 heterocycles. The lowest BCUT2D eigenvalue weighted by atomic mass is 10.1. The van der Waals surface area contributed by atoms with Crippen molar-refractivity contribution in [2.45, 2.75) is 64.8 Å². The van der Waals surface area contributed by atoms with Crippen LogP contribution in [0.3, 0.4) is 0 Å². The van der Waals surface area contributed by atoms with Gasteiger partial charge in [0.15, 0.2) is 0 Å². The van der Waals surface area contributed by atoms with Crippen molar-refractivity contribution in [3.05, 3.63) is 42.1 Å². The number of carbonyl (C=O) groups excluding carboxylic acids is 1. The number of halogens is 3. The van der Waals surface area contributed by atoms with Gasteiger partial charge in [-0.1, -0.05) is 12.1 Å². The zero-order chi connectivity index (χ0) is 24.4. The van der Waals surface area contributed by atoms with Gasteiger partial charge in [0, 0.05) is 6.20 Å². The molecule has 1 aromatic carbocycles. The van der Waals surface area contributed by atoms with Crippen LogP contribution in [-0.4, -0.2) is 46.8 Å². The minimum absolute atomic E-state index is 0.158. The largest absolute Gasteiger partial charge is 0.573 e. The van der Waals surface area contributed by atoms with Crippen LogP contribution < -0.4 is 15.0 Å². The molecule has 3 rings (SSSR count). The highest BCUT2D eigenvalue weighted by Crippen LogP contribution is 2.29. The molecule has 11 heteroatoms. The van der Waals surface area contributed by atoms with Crippen LogP contribution in [0.1, 0.15) is 46.2 Å². The number of aromatic nitrogens is 2. The van der Waals surface area contributed by atoms with Gasteiger partial charge in [0.1, 0.15) is 24.2 Å². The van der Waals surface area contributed by atoms with Crippen molar-refractivity contribution < 1.29 is 32.2 Å². The van der Waals surface area contributed by atoms with E-state index in [0.29, 0.717) is 11.4 Å². The average Bonchev–Trinajstić information content (AvgIpc) is 3.07. The molecular weight excluding hydrogens is 441 g/mol. The number of ether oxygens (including phenoxy) is 3. The summed E-state index contributed by atoms with van der Waals surface area (Å²) in [6.45, 7) is 9.54. The average molecular weight is 468 g/mol. The number of cyclic esters (lactones) is 1. The van der Waals surface area contributed by atoms with E-state index in [1.807, 2.05) is 27.7 Å². The van der Waals surface area contributed by atoms with Crippen LogP contribution in [0.15, 0.2) is 36.5 Å². The zero-order valence-electron chi connectivity index (χ0n) is 19.0. The Hall–Kier alpha value is -3.08. The molecule has 33 heavy (non-hydrogen) atoms. The molecule has 1 aliphatic rings. The fourth-order valence-corrected chi connectivity index (χ4v) is 3.49. The molecule has 0 saturated carbocycles. The number of amides is 1. The van der Waals surface area contributed by atoms with Crippen LogP contribution in [-0.2, 0) is 9.47 Å². The number of nitrogens with zero attached hydrogens (tertiary/aromatic N) is 3. The SMILES string of the molecule is C[C@H](Nc1nccc(N2C(=O)OCC2[C@@H](C)OC(C)(C)C)n1)c1cccc(OC(F)(F)F)c1. The maximum absolute atomic E-state index is 12.5. The number of benzene rings is 1. The summed E-state index contributed by atoms with van der Waals surface area (Å²) >= 11 is 0. The third-order valence-electron chi connectivity index (χ3n) is 4.81. The molecule has 8 nitrogen and oxygen atoms in total. The Kier molecular flexibility index (Phi) is 7.01. The van der Waals surface area contributed by atoms with E-state index in [9.17, 15) is 18.0 Å². The Morgan fingerprint density at radius 1 is 1.21 bits per heavy atom. The molecule has 2 aromatic rings. The summed E-state index contributed by atoms with van der Waals surface area (Å²) in [5, 5.41) is 3.04. The molecule has 1 aromatic heterocycles. The van der Waals surface area contributed by atoms with Gasteiger partial charge in [-0.3, -0.25) is 4.90 Å². The summed E-state index contributed by atoms with van der Waals surface area (Å²) in [7, 11) is 0. The van der Waals surface area contributed by atoms with Crippen LogP contribution in [0, 0.1) is 0 Å². The van der Waals surface area contributed by atoms with Crippen molar-refractivity contribution in [2.24, 2.45) is 0 Å². The first kappa shape index (κ1) is 24.6. The van der Waals surface area contributed by atoms with Crippen LogP contribution in [0.25, 0.3) is 0 Å². The van der Waals surface area contributed by atoms with Gasteiger partial charge in [-0.25, -0.2) is 9.78 Å². The van der Waals surface area contributed by atoms with E-state index in [1.54, 1.807) is 19.1 Å². The number of hydrogen-bond donors (Lipinski definition) is 1. The Morgan fingerprint density at radius 3 is 2.61 bits per heavy atom. The number of rotatable bonds is 7. The molecule has 3 atom stereocenters. The molecular formula is C22H27F3N4O4. The second kappa shape index (κ2) is 9.42. The molecule has 180 valence electrons. The monoisotopic (exact) mass is 468 g/mol. The second-order valence-electron chi connectivity index (χ2n) is 8.67. The Balaban J connectivity index is 1.76. The van der Waals surface area contributed by atoms with E-state index in [2.05, 4.69) is 20.0 Å². The minimum atomic E-state index is -4.78. The lowest BCUT2D eigenvalue weighted by Gasteiger charge is -2.31. The first-order valence-corrected chi connectivity index (χ1v) is 10.4. The highest BCUT2D eigenvalue weighted by Gasteiger charge is 2.40. The number of alkyl halides is 3. The predicted molar refractivity (Wildman–Crippen MR) is 115 cm³/mol. The fraction of sp³-hybridized carbons (Fsp3) is 0.500. The molecule has 1 unspecified atom stereocenters. The number of anilines is 2. The van der Waals surface area contributed by atoms with E-state index in [1.165, 1.54) is 29.3 Å². The van der Waals surface area contributed by atoms with Gasteiger partial charge in [0.05, 0.1) is 17.7 Å². The molecule has 0 radical (unpaired) electrons. The Morgan fingerprint density at radius 2 is 1.94 bits per heavy atom. The van der Waals surface area contributed by atoms with Gasteiger partial charge >= 0.3 is 12.5 Å². The van der Waals surface area contributed by atoms with Gasteiger partial charge in [0.25, 0.3) is 0 Å². The lowest BCUT2D eigenvalue weighted by molar-refractivity contribution is -0.274. The lowest BCUT2D eigenvalue weighted by Crippen LogP contribution is -2.45. The maximum Gasteiger partial charge on any atom is 0.573 e. The van der Waals surface area contributed by atoms with Gasteiger partial charge < -0.3 is 19.5 Å². The highest BCUT2D eigenvalue weighted by molar-refractivity contribution is 5.89. The smallest absolute Gasteiger partial charge is 0.447 e. The highest BCUT2D eigenvalue weighted by atomic mass is 19.4. The zero-order valence-corrected chi connectivity index (χ0v) is 19.0. The molecule has 0 spiro atoms. The summed E-state index contributed by atoms with van der Waals surface area (Å²) in [6, 6.07) is 6.39. The van der Waals surface area contributed by atoms with Crippen molar-refractivity contribution in [1.82, 2.24) is 9.97 Å². The predicted octanol–water partition coefficient (Wildman–Crippen LogP) is 5.08. The summed E-state index contributed by atoms with van der Waals surface area (Å²) < 4.78 is 52.8. The van der Waals surface area contributed by atoms with Crippen molar-refractivity contribution in [3.8, 4) is 5.75 Å². The first-order valence-electron chi connectivity index (χ1n) is 10.4. The van der Waals surface area contributed by atoms with E-state index >= 15 is 0 Å². The van der Waals surface area contributed by atoms with Crippen LogP contribution in [0.4, 0.5) is 29.7 Å². The van der Waals surface area contributed by atoms with Crippen molar-refractivity contribution in [1.29, 1.82) is 0 Å². The summed E-state index contributed by atoms with van der Waals surface area (Å²) in [5.41, 5.74) is 0.131. The second-order valence-corrected chi connectivity index (χ2v) is 8.67. The molecule has 1 N–H and O–H groups in total. The van der Waals surface area contributed by atoms with Crippen molar-refractivity contribution >= 4 is 17.9 Å². The summed E-state index contributed by atoms with van der Waals surface area (Å²) in [6.07, 6.45) is -4.16.